The Kier molecular flexibility index (Phi) is 5.31. The van der Waals surface area contributed by atoms with Gasteiger partial charge in [-0.05, 0) is 19.1 Å². The van der Waals surface area contributed by atoms with Crippen molar-refractivity contribution in [2.24, 2.45) is 0 Å². The van der Waals surface area contributed by atoms with Crippen LogP contribution >= 0.6 is 11.3 Å². The lowest BCUT2D eigenvalue weighted by molar-refractivity contribution is 0.122. The van der Waals surface area contributed by atoms with Crippen molar-refractivity contribution in [1.29, 1.82) is 0 Å². The van der Waals surface area contributed by atoms with E-state index in [1.54, 1.807) is 16.6 Å². The van der Waals surface area contributed by atoms with Crippen molar-refractivity contribution in [2.45, 2.75) is 11.1 Å². The highest BCUT2D eigenvalue weighted by molar-refractivity contribution is 7.91. The van der Waals surface area contributed by atoms with Crippen molar-refractivity contribution in [1.82, 2.24) is 14.5 Å². The number of anilines is 2. The molecule has 0 aromatic carbocycles. The molecule has 0 N–H and O–H groups in total. The van der Waals surface area contributed by atoms with Crippen LogP contribution in [0.5, 0.6) is 0 Å². The van der Waals surface area contributed by atoms with Gasteiger partial charge in [-0.15, -0.1) is 16.4 Å². The lowest BCUT2D eigenvalue weighted by atomic mass is 10.3. The molecule has 2 aliphatic rings. The maximum Gasteiger partial charge on any atom is 0.252 e. The Labute approximate surface area is 163 Å². The van der Waals surface area contributed by atoms with E-state index in [1.807, 2.05) is 19.1 Å². The second kappa shape index (κ2) is 7.70. The molecule has 0 aliphatic carbocycles. The first-order valence-corrected chi connectivity index (χ1v) is 11.3. The average molecular weight is 410 g/mol. The number of hydrogen-bond acceptors (Lipinski definition) is 8. The predicted octanol–water partition coefficient (Wildman–Crippen LogP) is 1.19. The van der Waals surface area contributed by atoms with Gasteiger partial charge in [0.1, 0.15) is 4.21 Å². The first kappa shape index (κ1) is 18.6. The number of thiophene rings is 1. The van der Waals surface area contributed by atoms with Crippen LogP contribution in [-0.2, 0) is 14.8 Å². The number of aryl methyl sites for hydroxylation is 1. The van der Waals surface area contributed by atoms with E-state index in [0.717, 1.165) is 42.7 Å². The Morgan fingerprint density at radius 1 is 1.04 bits per heavy atom. The molecule has 0 bridgehead atoms. The van der Waals surface area contributed by atoms with Crippen molar-refractivity contribution < 1.29 is 13.2 Å². The highest BCUT2D eigenvalue weighted by Gasteiger charge is 2.30. The number of rotatable bonds is 4. The summed E-state index contributed by atoms with van der Waals surface area (Å²) in [4.78, 5) is 5.34. The van der Waals surface area contributed by atoms with E-state index in [4.69, 9.17) is 4.74 Å². The van der Waals surface area contributed by atoms with E-state index in [0.29, 0.717) is 30.4 Å². The fourth-order valence-corrected chi connectivity index (χ4v) is 6.19. The molecule has 4 rings (SSSR count). The molecule has 2 saturated heterocycles. The fourth-order valence-electron chi connectivity index (χ4n) is 3.33. The maximum absolute atomic E-state index is 12.8. The predicted molar refractivity (Wildman–Crippen MR) is 105 cm³/mol. The summed E-state index contributed by atoms with van der Waals surface area (Å²) in [6.45, 7) is 7.14. The largest absolute Gasteiger partial charge is 0.378 e. The number of morpholine rings is 1. The van der Waals surface area contributed by atoms with Crippen molar-refractivity contribution in [3.63, 3.8) is 0 Å². The Bertz CT molecular complexity index is 887. The third-order valence-electron chi connectivity index (χ3n) is 4.88. The van der Waals surface area contributed by atoms with E-state index in [1.165, 1.54) is 11.3 Å². The Morgan fingerprint density at radius 2 is 1.78 bits per heavy atom. The standard InChI is InChI=1S/C17H23N5O3S2/c1-14-2-3-17(26-14)27(23,24)22-6-4-21(5-7-22)16-12-15(13-18-19-16)20-8-10-25-11-9-20/h2-3,12-13H,4-11H2,1H3. The molecule has 0 atom stereocenters. The first-order chi connectivity index (χ1) is 13.0. The molecule has 0 radical (unpaired) electrons. The number of hydrogen-bond donors (Lipinski definition) is 0. The number of ether oxygens (including phenoxy) is 1. The van der Waals surface area contributed by atoms with Crippen LogP contribution in [0, 0.1) is 6.92 Å². The molecule has 0 spiro atoms. The van der Waals surface area contributed by atoms with E-state index >= 15 is 0 Å². The summed E-state index contributed by atoms with van der Waals surface area (Å²) >= 11 is 1.32. The van der Waals surface area contributed by atoms with Crippen LogP contribution in [0.25, 0.3) is 0 Å². The van der Waals surface area contributed by atoms with Crippen LogP contribution in [-0.4, -0.2) is 75.4 Å². The van der Waals surface area contributed by atoms with Crippen LogP contribution in [0.2, 0.25) is 0 Å². The van der Waals surface area contributed by atoms with Crippen LogP contribution in [0.15, 0.2) is 28.6 Å². The molecule has 10 heteroatoms. The summed E-state index contributed by atoms with van der Waals surface area (Å²) in [5.74, 6) is 0.794. The molecule has 2 aromatic rings. The highest BCUT2D eigenvalue weighted by atomic mass is 32.2. The number of nitrogens with zero attached hydrogens (tertiary/aromatic N) is 5. The van der Waals surface area contributed by atoms with Crippen molar-refractivity contribution >= 4 is 32.9 Å². The minimum Gasteiger partial charge on any atom is -0.378 e. The topological polar surface area (TPSA) is 78.9 Å². The summed E-state index contributed by atoms with van der Waals surface area (Å²) < 4.78 is 32.9. The quantitative estimate of drug-likeness (QED) is 0.751. The second-order valence-corrected chi connectivity index (χ2v) is 10.1. The van der Waals surface area contributed by atoms with Gasteiger partial charge in [-0.25, -0.2) is 8.42 Å². The zero-order chi connectivity index (χ0) is 18.9. The highest BCUT2D eigenvalue weighted by Crippen LogP contribution is 2.26. The van der Waals surface area contributed by atoms with Gasteiger partial charge in [0.2, 0.25) is 0 Å². The Hall–Kier alpha value is -1.75. The summed E-state index contributed by atoms with van der Waals surface area (Å²) in [6, 6.07) is 5.57. The molecule has 4 heterocycles. The molecule has 2 fully saturated rings. The Balaban J connectivity index is 1.43. The summed E-state index contributed by atoms with van der Waals surface area (Å²) in [5.41, 5.74) is 1.03. The molecule has 0 saturated carbocycles. The van der Waals surface area contributed by atoms with Crippen LogP contribution < -0.4 is 9.80 Å². The van der Waals surface area contributed by atoms with Gasteiger partial charge < -0.3 is 14.5 Å². The number of aromatic nitrogens is 2. The van der Waals surface area contributed by atoms with Gasteiger partial charge in [-0.2, -0.15) is 9.40 Å². The third-order valence-corrected chi connectivity index (χ3v) is 8.24. The van der Waals surface area contributed by atoms with Gasteiger partial charge in [-0.1, -0.05) is 0 Å². The fraction of sp³-hybridized carbons (Fsp3) is 0.529. The molecule has 8 nitrogen and oxygen atoms in total. The van der Waals surface area contributed by atoms with Crippen LogP contribution in [0.1, 0.15) is 4.88 Å². The summed E-state index contributed by atoms with van der Waals surface area (Å²) in [5, 5.41) is 8.41. The van der Waals surface area contributed by atoms with Gasteiger partial charge in [0.15, 0.2) is 5.82 Å². The number of piperazine rings is 1. The minimum atomic E-state index is -3.41. The van der Waals surface area contributed by atoms with Crippen molar-refractivity contribution in [3.8, 4) is 0 Å². The van der Waals surface area contributed by atoms with Crippen LogP contribution in [0.3, 0.4) is 0 Å². The second-order valence-electron chi connectivity index (χ2n) is 6.63. The van der Waals surface area contributed by atoms with Gasteiger partial charge in [0.25, 0.3) is 10.0 Å². The molecule has 27 heavy (non-hydrogen) atoms. The zero-order valence-electron chi connectivity index (χ0n) is 15.2. The molecule has 0 amide bonds. The zero-order valence-corrected chi connectivity index (χ0v) is 16.9. The maximum atomic E-state index is 12.8. The van der Waals surface area contributed by atoms with Crippen LogP contribution in [0.4, 0.5) is 11.5 Å². The van der Waals surface area contributed by atoms with Gasteiger partial charge in [0, 0.05) is 50.2 Å². The molecule has 0 unspecified atom stereocenters. The number of sulfonamides is 1. The smallest absolute Gasteiger partial charge is 0.252 e. The Morgan fingerprint density at radius 3 is 2.44 bits per heavy atom. The normalized spacial score (nSPS) is 19.4. The molecular formula is C17H23N5O3S2. The van der Waals surface area contributed by atoms with Gasteiger partial charge >= 0.3 is 0 Å². The van der Waals surface area contributed by atoms with E-state index < -0.39 is 10.0 Å². The summed E-state index contributed by atoms with van der Waals surface area (Å²) in [7, 11) is -3.41. The lowest BCUT2D eigenvalue weighted by Gasteiger charge is -2.35. The van der Waals surface area contributed by atoms with Gasteiger partial charge in [0.05, 0.1) is 25.1 Å². The van der Waals surface area contributed by atoms with Crippen molar-refractivity contribution in [2.75, 3.05) is 62.3 Å². The van der Waals surface area contributed by atoms with Gasteiger partial charge in [-0.3, -0.25) is 0 Å². The van der Waals surface area contributed by atoms with E-state index in [9.17, 15) is 8.42 Å². The SMILES string of the molecule is Cc1ccc(S(=O)(=O)N2CCN(c3cc(N4CCOCC4)cnn3)CC2)s1. The van der Waals surface area contributed by atoms with Crippen molar-refractivity contribution in [3.05, 3.63) is 29.3 Å². The lowest BCUT2D eigenvalue weighted by Crippen LogP contribution is -2.48. The third kappa shape index (κ3) is 3.93. The summed E-state index contributed by atoms with van der Waals surface area (Å²) in [6.07, 6.45) is 1.77. The van der Waals surface area contributed by atoms with E-state index in [-0.39, 0.29) is 0 Å². The monoisotopic (exact) mass is 409 g/mol. The molecule has 146 valence electrons. The molecular weight excluding hydrogens is 386 g/mol. The minimum absolute atomic E-state index is 0.419. The first-order valence-electron chi connectivity index (χ1n) is 9.01. The molecule has 2 aliphatic heterocycles. The van der Waals surface area contributed by atoms with E-state index in [2.05, 4.69) is 20.0 Å². The molecule has 2 aromatic heterocycles. The average Bonchev–Trinajstić information content (AvgIpc) is 3.16.